The summed E-state index contributed by atoms with van der Waals surface area (Å²) in [5, 5.41) is 0. The first-order valence-corrected chi connectivity index (χ1v) is 8.26. The molecule has 0 N–H and O–H groups in total. The molecule has 0 spiro atoms. The van der Waals surface area contributed by atoms with E-state index in [-0.39, 0.29) is 11.6 Å². The van der Waals surface area contributed by atoms with E-state index >= 15 is 0 Å². The molecular weight excluding hydrogens is 287 g/mol. The molecule has 0 unspecified atom stereocenters. The zero-order chi connectivity index (χ0) is 16.5. The van der Waals surface area contributed by atoms with Crippen molar-refractivity contribution in [1.82, 2.24) is 0 Å². The summed E-state index contributed by atoms with van der Waals surface area (Å²) < 4.78 is 19.0. The van der Waals surface area contributed by atoms with Gasteiger partial charge in [-0.05, 0) is 55.7 Å². The van der Waals surface area contributed by atoms with Crippen LogP contribution in [0, 0.1) is 17.7 Å². The van der Waals surface area contributed by atoms with Gasteiger partial charge in [-0.3, -0.25) is 0 Å². The maximum absolute atomic E-state index is 13.8. The minimum atomic E-state index is -0.370. The fourth-order valence-electron chi connectivity index (χ4n) is 2.33. The number of unbranched alkanes of at least 4 members (excludes halogenated alkanes) is 2. The first-order chi connectivity index (χ1) is 11.2. The predicted octanol–water partition coefficient (Wildman–Crippen LogP) is 5.36. The highest BCUT2D eigenvalue weighted by Crippen LogP contribution is 2.18. The van der Waals surface area contributed by atoms with E-state index in [4.69, 9.17) is 4.74 Å². The molecule has 0 bridgehead atoms. The van der Waals surface area contributed by atoms with Crippen LogP contribution in [-0.2, 0) is 6.42 Å². The van der Waals surface area contributed by atoms with E-state index in [1.807, 2.05) is 19.1 Å². The molecule has 0 aromatic heterocycles. The molecule has 0 aliphatic rings. The first kappa shape index (κ1) is 17.1. The minimum Gasteiger partial charge on any atom is -0.491 e. The van der Waals surface area contributed by atoms with Crippen LogP contribution in [0.15, 0.2) is 42.5 Å². The number of ether oxygens (including phenoxy) is 1. The van der Waals surface area contributed by atoms with E-state index in [9.17, 15) is 4.39 Å². The van der Waals surface area contributed by atoms with Gasteiger partial charge in [0, 0.05) is 11.1 Å². The molecule has 2 aromatic rings. The Labute approximate surface area is 138 Å². The minimum absolute atomic E-state index is 0.273. The molecule has 0 saturated heterocycles. The number of halogens is 1. The molecule has 0 radical (unpaired) electrons. The molecule has 1 nitrogen and oxygen atoms in total. The maximum Gasteiger partial charge on any atom is 0.166 e. The fraction of sp³-hybridized carbons (Fsp3) is 0.333. The molecular formula is C21H23FO. The first-order valence-electron chi connectivity index (χ1n) is 8.26. The van der Waals surface area contributed by atoms with Gasteiger partial charge in [-0.2, -0.15) is 0 Å². The van der Waals surface area contributed by atoms with Crippen molar-refractivity contribution < 1.29 is 9.13 Å². The van der Waals surface area contributed by atoms with Crippen LogP contribution in [0.5, 0.6) is 5.75 Å². The lowest BCUT2D eigenvalue weighted by molar-refractivity contribution is 0.321. The molecule has 0 aliphatic heterocycles. The molecule has 0 saturated carbocycles. The summed E-state index contributed by atoms with van der Waals surface area (Å²) in [4.78, 5) is 0. The van der Waals surface area contributed by atoms with Crippen LogP contribution in [0.4, 0.5) is 4.39 Å². The molecule has 2 aromatic carbocycles. The molecule has 2 rings (SSSR count). The second-order valence-electron chi connectivity index (χ2n) is 5.48. The third-order valence-electron chi connectivity index (χ3n) is 3.61. The van der Waals surface area contributed by atoms with E-state index in [0.29, 0.717) is 12.2 Å². The second-order valence-corrected chi connectivity index (χ2v) is 5.48. The van der Waals surface area contributed by atoms with E-state index in [2.05, 4.69) is 30.9 Å². The van der Waals surface area contributed by atoms with Crippen LogP contribution in [0.2, 0.25) is 0 Å². The van der Waals surface area contributed by atoms with Crippen molar-refractivity contribution in [1.29, 1.82) is 0 Å². The van der Waals surface area contributed by atoms with Crippen LogP contribution in [0.1, 0.15) is 49.8 Å². The van der Waals surface area contributed by atoms with Gasteiger partial charge in [-0.25, -0.2) is 4.39 Å². The Morgan fingerprint density at radius 3 is 2.26 bits per heavy atom. The summed E-state index contributed by atoms with van der Waals surface area (Å²) in [6, 6.07) is 13.1. The monoisotopic (exact) mass is 310 g/mol. The van der Waals surface area contributed by atoms with Crippen molar-refractivity contribution in [2.75, 3.05) is 6.61 Å². The smallest absolute Gasteiger partial charge is 0.166 e. The van der Waals surface area contributed by atoms with Crippen LogP contribution in [-0.4, -0.2) is 6.61 Å². The Hall–Kier alpha value is -2.27. The van der Waals surface area contributed by atoms with Gasteiger partial charge in [0.25, 0.3) is 0 Å². The van der Waals surface area contributed by atoms with E-state index < -0.39 is 0 Å². The molecule has 0 heterocycles. The van der Waals surface area contributed by atoms with E-state index in [1.54, 1.807) is 12.1 Å². The van der Waals surface area contributed by atoms with E-state index in [1.165, 1.54) is 30.9 Å². The number of benzene rings is 2. The summed E-state index contributed by atoms with van der Waals surface area (Å²) in [5.74, 6) is 5.98. The molecule has 0 aliphatic carbocycles. The Kier molecular flexibility index (Phi) is 6.69. The SMILES string of the molecule is CCCCCc1ccc(C#Cc2ccc(OCC)c(F)c2)cc1. The standard InChI is InChI=1S/C21H23FO/c1-3-5-6-7-17-8-10-18(11-9-17)12-13-19-14-15-21(23-4-2)20(22)16-19/h8-11,14-16H,3-7H2,1-2H3. The van der Waals surface area contributed by atoms with Crippen molar-refractivity contribution in [3.05, 3.63) is 65.0 Å². The lowest BCUT2D eigenvalue weighted by Crippen LogP contribution is -1.94. The predicted molar refractivity (Wildman–Crippen MR) is 93.2 cm³/mol. The number of rotatable bonds is 6. The van der Waals surface area contributed by atoms with E-state index in [0.717, 1.165) is 12.0 Å². The van der Waals surface area contributed by atoms with Crippen molar-refractivity contribution in [2.45, 2.75) is 39.5 Å². The van der Waals surface area contributed by atoms with Crippen molar-refractivity contribution in [3.8, 4) is 17.6 Å². The van der Waals surface area contributed by atoms with Gasteiger partial charge in [0.1, 0.15) is 0 Å². The van der Waals surface area contributed by atoms with Crippen molar-refractivity contribution >= 4 is 0 Å². The molecule has 120 valence electrons. The molecule has 0 atom stereocenters. The summed E-state index contributed by atoms with van der Waals surface area (Å²) >= 11 is 0. The normalized spacial score (nSPS) is 10.0. The molecule has 0 amide bonds. The summed E-state index contributed by atoms with van der Waals surface area (Å²) in [6.45, 7) is 4.49. The fourth-order valence-corrected chi connectivity index (χ4v) is 2.33. The lowest BCUT2D eigenvalue weighted by Gasteiger charge is -2.03. The Morgan fingerprint density at radius 1 is 0.913 bits per heavy atom. The summed E-state index contributed by atoms with van der Waals surface area (Å²) in [5.41, 5.74) is 2.94. The Balaban J connectivity index is 2.02. The highest BCUT2D eigenvalue weighted by atomic mass is 19.1. The second kappa shape index (κ2) is 9.00. The number of hydrogen-bond donors (Lipinski definition) is 0. The van der Waals surface area contributed by atoms with Gasteiger partial charge >= 0.3 is 0 Å². The quantitative estimate of drug-likeness (QED) is 0.516. The molecule has 0 fully saturated rings. The average Bonchev–Trinajstić information content (AvgIpc) is 2.57. The maximum atomic E-state index is 13.8. The van der Waals surface area contributed by atoms with Gasteiger partial charge in [0.15, 0.2) is 11.6 Å². The summed E-state index contributed by atoms with van der Waals surface area (Å²) in [7, 11) is 0. The molecule has 2 heteroatoms. The largest absolute Gasteiger partial charge is 0.491 e. The van der Waals surface area contributed by atoms with Crippen LogP contribution >= 0.6 is 0 Å². The third kappa shape index (κ3) is 5.45. The van der Waals surface area contributed by atoms with Gasteiger partial charge in [-0.15, -0.1) is 0 Å². The van der Waals surface area contributed by atoms with Crippen LogP contribution < -0.4 is 4.74 Å². The Morgan fingerprint density at radius 2 is 1.61 bits per heavy atom. The summed E-state index contributed by atoms with van der Waals surface area (Å²) in [6.07, 6.45) is 4.85. The van der Waals surface area contributed by atoms with Crippen molar-refractivity contribution in [3.63, 3.8) is 0 Å². The van der Waals surface area contributed by atoms with Gasteiger partial charge < -0.3 is 4.74 Å². The van der Waals surface area contributed by atoms with Gasteiger partial charge in [-0.1, -0.05) is 43.7 Å². The third-order valence-corrected chi connectivity index (χ3v) is 3.61. The zero-order valence-corrected chi connectivity index (χ0v) is 13.9. The van der Waals surface area contributed by atoms with Gasteiger partial charge in [0.05, 0.1) is 6.61 Å². The van der Waals surface area contributed by atoms with Crippen molar-refractivity contribution in [2.24, 2.45) is 0 Å². The number of aryl methyl sites for hydroxylation is 1. The Bertz CT molecular complexity index is 677. The topological polar surface area (TPSA) is 9.23 Å². The highest BCUT2D eigenvalue weighted by molar-refractivity contribution is 5.45. The van der Waals surface area contributed by atoms with Crippen LogP contribution in [0.25, 0.3) is 0 Å². The van der Waals surface area contributed by atoms with Crippen LogP contribution in [0.3, 0.4) is 0 Å². The zero-order valence-electron chi connectivity index (χ0n) is 13.9. The average molecular weight is 310 g/mol. The lowest BCUT2D eigenvalue weighted by atomic mass is 10.1. The highest BCUT2D eigenvalue weighted by Gasteiger charge is 2.02. The molecule has 23 heavy (non-hydrogen) atoms. The number of hydrogen-bond acceptors (Lipinski definition) is 1. The van der Waals surface area contributed by atoms with Gasteiger partial charge in [0.2, 0.25) is 0 Å².